The van der Waals surface area contributed by atoms with Crippen LogP contribution in [0.1, 0.15) is 30.0 Å². The first-order valence-corrected chi connectivity index (χ1v) is 9.65. The average Bonchev–Trinajstić information content (AvgIpc) is 3.13. The summed E-state index contributed by atoms with van der Waals surface area (Å²) in [4.78, 5) is 11.2. The lowest BCUT2D eigenvalue weighted by Crippen LogP contribution is -2.43. The van der Waals surface area contributed by atoms with Crippen LogP contribution in [0.2, 0.25) is 0 Å². The third-order valence-corrected chi connectivity index (χ3v) is 5.33. The fraction of sp³-hybridized carbons (Fsp3) is 0.368. The maximum Gasteiger partial charge on any atom is 0.190 e. The molecule has 0 unspecified atom stereocenters. The molecular formula is C19H25BN8. The van der Waals surface area contributed by atoms with E-state index in [0.717, 1.165) is 54.1 Å². The summed E-state index contributed by atoms with van der Waals surface area (Å²) in [5.74, 6) is 1.83. The standard InChI is InChI=1S/C19H25BN8/c1-22-19(21)27-7-4-14(5-8-27)16-9-17(24-11-13-3-2-6-23-10-13)28-18(26-16)15(20)12-25-28/h2-3,6,9-10,12,14,24H,4-5,7-8,11,20H2,1H3,(H2,21,22). The Bertz CT molecular complexity index is 963. The van der Waals surface area contributed by atoms with E-state index in [-0.39, 0.29) is 0 Å². The van der Waals surface area contributed by atoms with Gasteiger partial charge in [-0.2, -0.15) is 9.61 Å². The number of guanidine groups is 1. The van der Waals surface area contributed by atoms with Crippen LogP contribution in [0, 0.1) is 5.41 Å². The predicted octanol–water partition coefficient (Wildman–Crippen LogP) is 0.328. The quantitative estimate of drug-likeness (QED) is 0.345. The van der Waals surface area contributed by atoms with Crippen LogP contribution >= 0.6 is 0 Å². The van der Waals surface area contributed by atoms with Crippen molar-refractivity contribution in [2.24, 2.45) is 0 Å². The van der Waals surface area contributed by atoms with Gasteiger partial charge in [-0.3, -0.25) is 10.4 Å². The molecule has 4 heterocycles. The summed E-state index contributed by atoms with van der Waals surface area (Å²) in [6.07, 6.45) is 7.49. The Morgan fingerprint density at radius 1 is 1.32 bits per heavy atom. The van der Waals surface area contributed by atoms with Crippen molar-refractivity contribution in [2.75, 3.05) is 25.5 Å². The Labute approximate surface area is 165 Å². The van der Waals surface area contributed by atoms with Gasteiger partial charge in [-0.25, -0.2) is 4.98 Å². The summed E-state index contributed by atoms with van der Waals surface area (Å²) < 4.78 is 1.88. The number of likely N-dealkylation sites (tertiary alicyclic amines) is 1. The van der Waals surface area contributed by atoms with E-state index in [1.54, 1.807) is 13.2 Å². The molecular weight excluding hydrogens is 351 g/mol. The smallest absolute Gasteiger partial charge is 0.190 e. The van der Waals surface area contributed by atoms with Crippen LogP contribution in [0.3, 0.4) is 0 Å². The number of pyridine rings is 1. The van der Waals surface area contributed by atoms with Gasteiger partial charge in [0.05, 0.1) is 0 Å². The summed E-state index contributed by atoms with van der Waals surface area (Å²) in [5.41, 5.74) is 4.19. The van der Waals surface area contributed by atoms with Crippen LogP contribution < -0.4 is 16.1 Å². The highest BCUT2D eigenvalue weighted by atomic mass is 15.3. The second kappa shape index (κ2) is 7.88. The second-order valence-corrected chi connectivity index (χ2v) is 7.20. The summed E-state index contributed by atoms with van der Waals surface area (Å²) in [6, 6.07) is 6.12. The Morgan fingerprint density at radius 3 is 2.86 bits per heavy atom. The van der Waals surface area contributed by atoms with Crippen molar-refractivity contribution in [2.45, 2.75) is 25.3 Å². The lowest BCUT2D eigenvalue weighted by Gasteiger charge is -2.33. The minimum atomic E-state index is 0.388. The zero-order valence-electron chi connectivity index (χ0n) is 16.3. The van der Waals surface area contributed by atoms with Crippen molar-refractivity contribution in [3.8, 4) is 0 Å². The van der Waals surface area contributed by atoms with Crippen molar-refractivity contribution in [3.63, 3.8) is 0 Å². The molecule has 1 aliphatic heterocycles. The first-order valence-electron chi connectivity index (χ1n) is 9.65. The predicted molar refractivity (Wildman–Crippen MR) is 113 cm³/mol. The Hall–Kier alpha value is -3.10. The Kier molecular flexibility index (Phi) is 5.14. The van der Waals surface area contributed by atoms with Crippen molar-refractivity contribution in [3.05, 3.63) is 48.0 Å². The number of aromatic nitrogens is 4. The molecule has 1 fully saturated rings. The second-order valence-electron chi connectivity index (χ2n) is 7.20. The zero-order chi connectivity index (χ0) is 19.5. The minimum Gasteiger partial charge on any atom is -0.366 e. The lowest BCUT2D eigenvalue weighted by molar-refractivity contribution is 0.302. The summed E-state index contributed by atoms with van der Waals surface area (Å²) in [7, 11) is 3.84. The van der Waals surface area contributed by atoms with Gasteiger partial charge in [0.2, 0.25) is 0 Å². The molecule has 144 valence electrons. The van der Waals surface area contributed by atoms with Gasteiger partial charge in [-0.1, -0.05) is 6.07 Å². The number of nitrogens with zero attached hydrogens (tertiary/aromatic N) is 5. The van der Waals surface area contributed by atoms with Gasteiger partial charge in [0.1, 0.15) is 13.7 Å². The maximum absolute atomic E-state index is 7.96. The largest absolute Gasteiger partial charge is 0.366 e. The molecule has 0 bridgehead atoms. The van der Waals surface area contributed by atoms with Crippen LogP contribution in [-0.4, -0.2) is 58.4 Å². The molecule has 1 aliphatic rings. The van der Waals surface area contributed by atoms with E-state index in [1.807, 2.05) is 30.8 Å². The molecule has 0 saturated carbocycles. The third kappa shape index (κ3) is 3.65. The van der Waals surface area contributed by atoms with Gasteiger partial charge < -0.3 is 15.5 Å². The van der Waals surface area contributed by atoms with Crippen LogP contribution in [0.15, 0.2) is 36.8 Å². The van der Waals surface area contributed by atoms with E-state index in [2.05, 4.69) is 37.7 Å². The zero-order valence-corrected chi connectivity index (χ0v) is 16.3. The maximum atomic E-state index is 7.96. The third-order valence-electron chi connectivity index (χ3n) is 5.33. The lowest BCUT2D eigenvalue weighted by atomic mass is 9.93. The van der Waals surface area contributed by atoms with Gasteiger partial charge in [-0.15, -0.1) is 0 Å². The molecule has 1 saturated heterocycles. The molecule has 28 heavy (non-hydrogen) atoms. The van der Waals surface area contributed by atoms with E-state index in [1.165, 1.54) is 0 Å². The van der Waals surface area contributed by atoms with Gasteiger partial charge >= 0.3 is 0 Å². The summed E-state index contributed by atoms with van der Waals surface area (Å²) in [5, 5.41) is 18.9. The SMILES string of the molecule is Bc1cnn2c(NCc3cccnc3)cc(C3CCN(C(=N)NC)CC3)nc12. The van der Waals surface area contributed by atoms with E-state index in [0.29, 0.717) is 18.4 Å². The number of fused-ring (bicyclic) bond motifs is 1. The van der Waals surface area contributed by atoms with E-state index < -0.39 is 0 Å². The number of hydrogen-bond donors (Lipinski definition) is 3. The molecule has 3 aromatic heterocycles. The highest BCUT2D eigenvalue weighted by Gasteiger charge is 2.24. The van der Waals surface area contributed by atoms with Gasteiger partial charge in [0, 0.05) is 63.0 Å². The average molecular weight is 376 g/mol. The number of hydrogen-bond acceptors (Lipinski definition) is 5. The molecule has 0 spiro atoms. The minimum absolute atomic E-state index is 0.388. The van der Waals surface area contributed by atoms with E-state index >= 15 is 0 Å². The molecule has 0 radical (unpaired) electrons. The Morgan fingerprint density at radius 2 is 2.14 bits per heavy atom. The van der Waals surface area contributed by atoms with Crippen molar-refractivity contribution < 1.29 is 0 Å². The summed E-state index contributed by atoms with van der Waals surface area (Å²) in [6.45, 7) is 2.42. The molecule has 4 rings (SSSR count). The monoisotopic (exact) mass is 376 g/mol. The van der Waals surface area contributed by atoms with Gasteiger partial charge in [0.25, 0.3) is 0 Å². The topological polar surface area (TPSA) is 94.2 Å². The van der Waals surface area contributed by atoms with Crippen LogP contribution in [0.25, 0.3) is 5.65 Å². The first-order chi connectivity index (χ1) is 13.7. The molecule has 0 aliphatic carbocycles. The highest BCUT2D eigenvalue weighted by Crippen LogP contribution is 2.28. The molecule has 3 aromatic rings. The van der Waals surface area contributed by atoms with Crippen molar-refractivity contribution >= 4 is 30.7 Å². The number of nitrogens with one attached hydrogen (secondary N) is 3. The molecule has 3 N–H and O–H groups in total. The van der Waals surface area contributed by atoms with Crippen LogP contribution in [-0.2, 0) is 6.54 Å². The number of rotatable bonds is 4. The van der Waals surface area contributed by atoms with Crippen molar-refractivity contribution in [1.29, 1.82) is 5.41 Å². The molecule has 8 nitrogen and oxygen atoms in total. The Balaban J connectivity index is 1.57. The molecule has 0 atom stereocenters. The van der Waals surface area contributed by atoms with Gasteiger partial charge in [0.15, 0.2) is 11.6 Å². The van der Waals surface area contributed by atoms with E-state index in [9.17, 15) is 0 Å². The van der Waals surface area contributed by atoms with Gasteiger partial charge in [-0.05, 0) is 29.9 Å². The highest BCUT2D eigenvalue weighted by molar-refractivity contribution is 6.36. The molecule has 0 amide bonds. The fourth-order valence-electron chi connectivity index (χ4n) is 3.68. The number of piperidine rings is 1. The fourth-order valence-corrected chi connectivity index (χ4v) is 3.68. The normalized spacial score (nSPS) is 15.0. The van der Waals surface area contributed by atoms with Crippen LogP contribution in [0.5, 0.6) is 0 Å². The van der Waals surface area contributed by atoms with Crippen LogP contribution in [0.4, 0.5) is 5.82 Å². The number of anilines is 1. The molecule has 9 heteroatoms. The molecule has 0 aromatic carbocycles. The van der Waals surface area contributed by atoms with E-state index in [4.69, 9.17) is 10.4 Å². The van der Waals surface area contributed by atoms with Crippen molar-refractivity contribution in [1.82, 2.24) is 29.8 Å². The first kappa shape index (κ1) is 18.3. The summed E-state index contributed by atoms with van der Waals surface area (Å²) >= 11 is 0.